The Morgan fingerprint density at radius 1 is 1.21 bits per heavy atom. The Kier molecular flexibility index (Phi) is 6.16. The number of piperidine rings is 1. The van der Waals surface area contributed by atoms with Crippen LogP contribution in [0.5, 0.6) is 0 Å². The molecule has 1 aliphatic rings. The molecule has 0 saturated carbocycles. The lowest BCUT2D eigenvalue weighted by Gasteiger charge is -2.33. The van der Waals surface area contributed by atoms with Crippen LogP contribution in [0.4, 0.5) is 0 Å². The van der Waals surface area contributed by atoms with Gasteiger partial charge >= 0.3 is 0 Å². The van der Waals surface area contributed by atoms with Gasteiger partial charge in [-0.15, -0.1) is 0 Å². The van der Waals surface area contributed by atoms with Gasteiger partial charge in [0, 0.05) is 35.1 Å². The molecule has 29 heavy (non-hydrogen) atoms. The minimum Gasteiger partial charge on any atom is -0.351 e. The fraction of sp³-hybridized carbons (Fsp3) is 0.391. The number of benzene rings is 2. The first kappa shape index (κ1) is 19.9. The van der Waals surface area contributed by atoms with Gasteiger partial charge in [0.1, 0.15) is 0 Å². The third-order valence-corrected chi connectivity index (χ3v) is 6.03. The summed E-state index contributed by atoms with van der Waals surface area (Å²) in [4.78, 5) is 15.1. The van der Waals surface area contributed by atoms with Gasteiger partial charge in [0.2, 0.25) is 0 Å². The Morgan fingerprint density at radius 2 is 2.03 bits per heavy atom. The Bertz CT molecular complexity index is 982. The second-order valence-corrected chi connectivity index (χ2v) is 8.28. The molecule has 0 aliphatic carbocycles. The number of carbonyl (C=O) groups excluding carboxylic acids is 1. The number of carbonyl (C=O) groups is 1. The zero-order chi connectivity index (χ0) is 20.2. The highest BCUT2D eigenvalue weighted by Crippen LogP contribution is 2.19. The molecule has 1 aliphatic heterocycles. The SMILES string of the molecule is CC1CCCCN1CCNC(=O)c1ccc2cnn(Cc3ccc(Cl)cc3)c2c1. The van der Waals surface area contributed by atoms with Crippen molar-refractivity contribution < 1.29 is 4.79 Å². The molecular weight excluding hydrogens is 384 g/mol. The van der Waals surface area contributed by atoms with Crippen molar-refractivity contribution in [3.05, 3.63) is 64.8 Å². The highest BCUT2D eigenvalue weighted by Gasteiger charge is 2.18. The Balaban J connectivity index is 1.42. The molecule has 2 aromatic carbocycles. The van der Waals surface area contributed by atoms with Crippen molar-refractivity contribution >= 4 is 28.4 Å². The van der Waals surface area contributed by atoms with E-state index in [4.69, 9.17) is 11.6 Å². The van der Waals surface area contributed by atoms with E-state index in [2.05, 4.69) is 22.2 Å². The summed E-state index contributed by atoms with van der Waals surface area (Å²) < 4.78 is 1.92. The Labute approximate surface area is 176 Å². The highest BCUT2D eigenvalue weighted by atomic mass is 35.5. The van der Waals surface area contributed by atoms with Crippen LogP contribution in [0.2, 0.25) is 5.02 Å². The molecular formula is C23H27ClN4O. The van der Waals surface area contributed by atoms with Gasteiger partial charge in [0.15, 0.2) is 0 Å². The van der Waals surface area contributed by atoms with Crippen LogP contribution in [-0.2, 0) is 6.54 Å². The summed E-state index contributed by atoms with van der Waals surface area (Å²) in [7, 11) is 0. The molecule has 1 unspecified atom stereocenters. The van der Waals surface area contributed by atoms with Gasteiger partial charge in [-0.1, -0.05) is 36.2 Å². The molecule has 5 nitrogen and oxygen atoms in total. The van der Waals surface area contributed by atoms with Crippen molar-refractivity contribution in [2.45, 2.75) is 38.8 Å². The standard InChI is InChI=1S/C23H27ClN4O/c1-17-4-2-3-12-27(17)13-11-25-23(29)19-7-8-20-15-26-28(22(20)14-19)16-18-5-9-21(24)10-6-18/h5-10,14-15,17H,2-4,11-13,16H2,1H3,(H,25,29). The number of aromatic nitrogens is 2. The maximum Gasteiger partial charge on any atom is 0.251 e. The van der Waals surface area contributed by atoms with Crippen molar-refractivity contribution in [2.24, 2.45) is 0 Å². The maximum absolute atomic E-state index is 12.7. The van der Waals surface area contributed by atoms with Crippen LogP contribution in [-0.4, -0.2) is 46.3 Å². The number of fused-ring (bicyclic) bond motifs is 1. The van der Waals surface area contributed by atoms with Gasteiger partial charge in [-0.05, 0) is 56.1 Å². The molecule has 1 aromatic heterocycles. The molecule has 6 heteroatoms. The van der Waals surface area contributed by atoms with Crippen LogP contribution in [0, 0.1) is 0 Å². The van der Waals surface area contributed by atoms with E-state index >= 15 is 0 Å². The highest BCUT2D eigenvalue weighted by molar-refractivity contribution is 6.30. The van der Waals surface area contributed by atoms with E-state index in [9.17, 15) is 4.79 Å². The number of likely N-dealkylation sites (tertiary alicyclic amines) is 1. The molecule has 4 rings (SSSR count). The first-order valence-corrected chi connectivity index (χ1v) is 10.7. The van der Waals surface area contributed by atoms with Crippen LogP contribution in [0.25, 0.3) is 10.9 Å². The lowest BCUT2D eigenvalue weighted by molar-refractivity contribution is 0.0938. The van der Waals surface area contributed by atoms with Crippen LogP contribution in [0.3, 0.4) is 0 Å². The van der Waals surface area contributed by atoms with Gasteiger partial charge in [0.05, 0.1) is 18.3 Å². The van der Waals surface area contributed by atoms with E-state index in [-0.39, 0.29) is 5.91 Å². The summed E-state index contributed by atoms with van der Waals surface area (Å²) in [5, 5.41) is 9.31. The van der Waals surface area contributed by atoms with Crippen LogP contribution in [0.15, 0.2) is 48.7 Å². The van der Waals surface area contributed by atoms with Crippen molar-refractivity contribution in [1.82, 2.24) is 20.0 Å². The maximum atomic E-state index is 12.7. The molecule has 1 N–H and O–H groups in total. The summed E-state index contributed by atoms with van der Waals surface area (Å²) in [6, 6.07) is 14.1. The number of hydrogen-bond donors (Lipinski definition) is 1. The van der Waals surface area contributed by atoms with Gasteiger partial charge in [0.25, 0.3) is 5.91 Å². The van der Waals surface area contributed by atoms with E-state index in [1.54, 1.807) is 0 Å². The third kappa shape index (κ3) is 4.80. The topological polar surface area (TPSA) is 50.2 Å². The predicted octanol–water partition coefficient (Wildman–Crippen LogP) is 4.34. The average Bonchev–Trinajstić information content (AvgIpc) is 3.13. The van der Waals surface area contributed by atoms with E-state index in [0.717, 1.165) is 34.6 Å². The zero-order valence-corrected chi connectivity index (χ0v) is 17.5. The van der Waals surface area contributed by atoms with Crippen LogP contribution >= 0.6 is 11.6 Å². The summed E-state index contributed by atoms with van der Waals surface area (Å²) in [6.45, 7) is 5.62. The van der Waals surface area contributed by atoms with Crippen molar-refractivity contribution in [2.75, 3.05) is 19.6 Å². The molecule has 0 bridgehead atoms. The molecule has 1 amide bonds. The number of amides is 1. The van der Waals surface area contributed by atoms with Crippen molar-refractivity contribution in [3.8, 4) is 0 Å². The molecule has 1 atom stereocenters. The molecule has 1 fully saturated rings. The lowest BCUT2D eigenvalue weighted by atomic mass is 10.0. The molecule has 0 spiro atoms. The van der Waals surface area contributed by atoms with E-state index < -0.39 is 0 Å². The van der Waals surface area contributed by atoms with Crippen LogP contribution < -0.4 is 5.32 Å². The molecule has 2 heterocycles. The van der Waals surface area contributed by atoms with E-state index in [0.29, 0.717) is 24.7 Å². The van der Waals surface area contributed by atoms with E-state index in [1.807, 2.05) is 53.3 Å². The number of nitrogens with one attached hydrogen (secondary N) is 1. The van der Waals surface area contributed by atoms with E-state index in [1.165, 1.54) is 19.3 Å². The second kappa shape index (κ2) is 8.97. The summed E-state index contributed by atoms with van der Waals surface area (Å²) >= 11 is 5.97. The first-order chi connectivity index (χ1) is 14.1. The van der Waals surface area contributed by atoms with Crippen LogP contribution in [0.1, 0.15) is 42.1 Å². The summed E-state index contributed by atoms with van der Waals surface area (Å²) in [6.07, 6.45) is 5.66. The number of nitrogens with zero attached hydrogens (tertiary/aromatic N) is 3. The molecule has 1 saturated heterocycles. The first-order valence-electron chi connectivity index (χ1n) is 10.3. The Morgan fingerprint density at radius 3 is 2.83 bits per heavy atom. The third-order valence-electron chi connectivity index (χ3n) is 5.78. The average molecular weight is 411 g/mol. The Hall–Kier alpha value is -2.37. The van der Waals surface area contributed by atoms with Crippen molar-refractivity contribution in [1.29, 1.82) is 0 Å². The predicted molar refractivity (Wildman–Crippen MR) is 118 cm³/mol. The van der Waals surface area contributed by atoms with Gasteiger partial charge in [-0.3, -0.25) is 14.4 Å². The monoisotopic (exact) mass is 410 g/mol. The lowest BCUT2D eigenvalue weighted by Crippen LogP contribution is -2.42. The zero-order valence-electron chi connectivity index (χ0n) is 16.8. The minimum atomic E-state index is -0.0317. The number of halogens is 1. The fourth-order valence-corrected chi connectivity index (χ4v) is 4.13. The fourth-order valence-electron chi connectivity index (χ4n) is 4.01. The summed E-state index contributed by atoms with van der Waals surface area (Å²) in [5.74, 6) is -0.0317. The van der Waals surface area contributed by atoms with Gasteiger partial charge < -0.3 is 5.32 Å². The van der Waals surface area contributed by atoms with Crippen molar-refractivity contribution in [3.63, 3.8) is 0 Å². The summed E-state index contributed by atoms with van der Waals surface area (Å²) in [5.41, 5.74) is 2.74. The second-order valence-electron chi connectivity index (χ2n) is 7.84. The molecule has 3 aromatic rings. The number of hydrogen-bond acceptors (Lipinski definition) is 3. The molecule has 152 valence electrons. The smallest absolute Gasteiger partial charge is 0.251 e. The van der Waals surface area contributed by atoms with Gasteiger partial charge in [-0.2, -0.15) is 5.10 Å². The van der Waals surface area contributed by atoms with Gasteiger partial charge in [-0.25, -0.2) is 0 Å². The normalized spacial score (nSPS) is 17.5. The number of rotatable bonds is 6. The molecule has 0 radical (unpaired) electrons. The minimum absolute atomic E-state index is 0.0317. The quantitative estimate of drug-likeness (QED) is 0.657. The largest absolute Gasteiger partial charge is 0.351 e.